The van der Waals surface area contributed by atoms with Gasteiger partial charge in [0.25, 0.3) is 0 Å². The molecular formula is C12H15NO2. The van der Waals surface area contributed by atoms with Crippen molar-refractivity contribution in [2.75, 3.05) is 13.7 Å². The Balaban J connectivity index is 2.65. The number of nitrogens with two attached hydrogens (primary N) is 1. The molecule has 3 heteroatoms. The molecule has 0 spiro atoms. The monoisotopic (exact) mass is 205 g/mol. The number of fused-ring (bicyclic) bond motifs is 1. The second kappa shape index (κ2) is 3.95. The Kier molecular flexibility index (Phi) is 2.64. The van der Waals surface area contributed by atoms with Crippen molar-refractivity contribution in [1.82, 2.24) is 0 Å². The molecule has 0 saturated carbocycles. The third-order valence-corrected chi connectivity index (χ3v) is 2.69. The minimum Gasteiger partial charge on any atom is -0.496 e. The molecule has 2 rings (SSSR count). The third kappa shape index (κ3) is 1.59. The number of furan rings is 1. The molecule has 0 aliphatic heterocycles. The fourth-order valence-electron chi connectivity index (χ4n) is 1.74. The van der Waals surface area contributed by atoms with Gasteiger partial charge in [0.1, 0.15) is 11.3 Å². The highest BCUT2D eigenvalue weighted by atomic mass is 16.5. The van der Waals surface area contributed by atoms with Gasteiger partial charge in [-0.3, -0.25) is 0 Å². The van der Waals surface area contributed by atoms with Crippen LogP contribution >= 0.6 is 0 Å². The second-order valence-electron chi connectivity index (χ2n) is 3.66. The zero-order valence-corrected chi connectivity index (χ0v) is 8.99. The molecule has 15 heavy (non-hydrogen) atoms. The highest BCUT2D eigenvalue weighted by Gasteiger charge is 2.14. The summed E-state index contributed by atoms with van der Waals surface area (Å²) in [5, 5.41) is 1.04. The quantitative estimate of drug-likeness (QED) is 0.837. The molecule has 2 aromatic rings. The van der Waals surface area contributed by atoms with E-state index in [1.165, 1.54) is 0 Å². The minimum absolute atomic E-state index is 0.280. The van der Waals surface area contributed by atoms with Gasteiger partial charge in [0.05, 0.1) is 18.8 Å². The van der Waals surface area contributed by atoms with E-state index in [4.69, 9.17) is 14.9 Å². The molecule has 0 bridgehead atoms. The van der Waals surface area contributed by atoms with Crippen molar-refractivity contribution < 1.29 is 9.15 Å². The van der Waals surface area contributed by atoms with Crippen molar-refractivity contribution in [2.24, 2.45) is 5.73 Å². The van der Waals surface area contributed by atoms with Crippen LogP contribution in [0, 0.1) is 0 Å². The highest BCUT2D eigenvalue weighted by molar-refractivity contribution is 5.88. The predicted octanol–water partition coefficient (Wildman–Crippen LogP) is 2.50. The number of hydrogen-bond donors (Lipinski definition) is 1. The first kappa shape index (κ1) is 10.1. The van der Waals surface area contributed by atoms with Gasteiger partial charge < -0.3 is 14.9 Å². The van der Waals surface area contributed by atoms with Gasteiger partial charge in [-0.15, -0.1) is 0 Å². The molecule has 0 fully saturated rings. The molecule has 1 aromatic carbocycles. The van der Waals surface area contributed by atoms with Crippen molar-refractivity contribution in [3.63, 3.8) is 0 Å². The smallest absolute Gasteiger partial charge is 0.137 e. The van der Waals surface area contributed by atoms with Crippen LogP contribution in [0.4, 0.5) is 0 Å². The summed E-state index contributed by atoms with van der Waals surface area (Å²) in [6, 6.07) is 5.79. The lowest BCUT2D eigenvalue weighted by Crippen LogP contribution is -2.08. The first-order valence-electron chi connectivity index (χ1n) is 5.02. The average Bonchev–Trinajstić information content (AvgIpc) is 2.71. The first-order chi connectivity index (χ1) is 7.27. The van der Waals surface area contributed by atoms with Crippen molar-refractivity contribution in [3.05, 3.63) is 30.0 Å². The molecule has 1 aromatic heterocycles. The number of rotatable bonds is 3. The summed E-state index contributed by atoms with van der Waals surface area (Å²) in [4.78, 5) is 0. The van der Waals surface area contributed by atoms with E-state index in [2.05, 4.69) is 6.92 Å². The summed E-state index contributed by atoms with van der Waals surface area (Å²) in [6.45, 7) is 2.68. The zero-order valence-electron chi connectivity index (χ0n) is 8.99. The summed E-state index contributed by atoms with van der Waals surface area (Å²) < 4.78 is 10.8. The van der Waals surface area contributed by atoms with E-state index in [0.29, 0.717) is 6.54 Å². The van der Waals surface area contributed by atoms with Crippen LogP contribution in [0.25, 0.3) is 11.0 Å². The fraction of sp³-hybridized carbons (Fsp3) is 0.333. The topological polar surface area (TPSA) is 48.4 Å². The van der Waals surface area contributed by atoms with Crippen LogP contribution in [0.3, 0.4) is 0 Å². The van der Waals surface area contributed by atoms with Crippen LogP contribution in [-0.4, -0.2) is 13.7 Å². The molecule has 80 valence electrons. The average molecular weight is 205 g/mol. The van der Waals surface area contributed by atoms with Gasteiger partial charge in [-0.2, -0.15) is 0 Å². The summed E-state index contributed by atoms with van der Waals surface area (Å²) in [5.41, 5.74) is 7.63. The molecule has 3 nitrogen and oxygen atoms in total. The van der Waals surface area contributed by atoms with Crippen molar-refractivity contribution in [1.29, 1.82) is 0 Å². The Labute approximate surface area is 88.8 Å². The number of ether oxygens (including phenoxy) is 1. The molecule has 1 heterocycles. The van der Waals surface area contributed by atoms with E-state index in [9.17, 15) is 0 Å². The van der Waals surface area contributed by atoms with Crippen molar-refractivity contribution in [3.8, 4) is 5.75 Å². The maximum atomic E-state index is 5.66. The molecule has 1 atom stereocenters. The molecule has 0 aliphatic rings. The molecule has 1 unspecified atom stereocenters. The zero-order chi connectivity index (χ0) is 10.8. The highest BCUT2D eigenvalue weighted by Crippen LogP contribution is 2.34. The van der Waals surface area contributed by atoms with Crippen LogP contribution < -0.4 is 10.5 Å². The van der Waals surface area contributed by atoms with Crippen LogP contribution in [0.5, 0.6) is 5.75 Å². The molecule has 0 amide bonds. The number of hydrogen-bond acceptors (Lipinski definition) is 3. The molecular weight excluding hydrogens is 190 g/mol. The molecule has 0 radical (unpaired) electrons. The number of methoxy groups -OCH3 is 1. The Morgan fingerprint density at radius 1 is 1.47 bits per heavy atom. The predicted molar refractivity (Wildman–Crippen MR) is 60.2 cm³/mol. The fourth-order valence-corrected chi connectivity index (χ4v) is 1.74. The van der Waals surface area contributed by atoms with Gasteiger partial charge in [0, 0.05) is 5.56 Å². The van der Waals surface area contributed by atoms with E-state index in [1.54, 1.807) is 13.4 Å². The third-order valence-electron chi connectivity index (χ3n) is 2.69. The van der Waals surface area contributed by atoms with Crippen LogP contribution in [0.1, 0.15) is 18.4 Å². The van der Waals surface area contributed by atoms with Gasteiger partial charge in [0.15, 0.2) is 0 Å². The summed E-state index contributed by atoms with van der Waals surface area (Å²) in [5.74, 6) is 1.12. The normalized spacial score (nSPS) is 13.0. The summed E-state index contributed by atoms with van der Waals surface area (Å²) in [6.07, 6.45) is 1.77. The van der Waals surface area contributed by atoms with Crippen molar-refractivity contribution >= 4 is 11.0 Å². The van der Waals surface area contributed by atoms with Gasteiger partial charge in [-0.05, 0) is 24.6 Å². The Morgan fingerprint density at radius 2 is 2.27 bits per heavy atom. The minimum atomic E-state index is 0.280. The second-order valence-corrected chi connectivity index (χ2v) is 3.66. The Morgan fingerprint density at radius 3 is 2.93 bits per heavy atom. The van der Waals surface area contributed by atoms with E-state index in [0.717, 1.165) is 22.3 Å². The summed E-state index contributed by atoms with van der Waals surface area (Å²) in [7, 11) is 1.67. The van der Waals surface area contributed by atoms with Gasteiger partial charge in [0.2, 0.25) is 0 Å². The summed E-state index contributed by atoms with van der Waals surface area (Å²) >= 11 is 0. The Bertz CT molecular complexity index is 462. The molecule has 0 aliphatic carbocycles. The van der Waals surface area contributed by atoms with Crippen LogP contribution in [0.15, 0.2) is 28.9 Å². The van der Waals surface area contributed by atoms with E-state index >= 15 is 0 Å². The van der Waals surface area contributed by atoms with Crippen LogP contribution in [-0.2, 0) is 0 Å². The van der Waals surface area contributed by atoms with Crippen molar-refractivity contribution in [2.45, 2.75) is 12.8 Å². The maximum Gasteiger partial charge on any atom is 0.137 e. The van der Waals surface area contributed by atoms with E-state index in [-0.39, 0.29) is 5.92 Å². The number of benzene rings is 1. The van der Waals surface area contributed by atoms with Crippen LogP contribution in [0.2, 0.25) is 0 Å². The molecule has 2 N–H and O–H groups in total. The lowest BCUT2D eigenvalue weighted by Gasteiger charge is -2.08. The largest absolute Gasteiger partial charge is 0.496 e. The lowest BCUT2D eigenvalue weighted by atomic mass is 10.0. The standard InChI is InChI=1S/C12H15NO2/c1-8(6-13)9-7-15-11-5-3-4-10(14-2)12(9)11/h3-5,7-8H,6,13H2,1-2H3. The van der Waals surface area contributed by atoms with Gasteiger partial charge in [-0.1, -0.05) is 13.0 Å². The first-order valence-corrected chi connectivity index (χ1v) is 5.02. The lowest BCUT2D eigenvalue weighted by molar-refractivity contribution is 0.419. The van der Waals surface area contributed by atoms with Gasteiger partial charge in [-0.25, -0.2) is 0 Å². The maximum absolute atomic E-state index is 5.66. The van der Waals surface area contributed by atoms with E-state index < -0.39 is 0 Å². The van der Waals surface area contributed by atoms with E-state index in [1.807, 2.05) is 18.2 Å². The SMILES string of the molecule is COc1cccc2occ(C(C)CN)c12. The molecule has 0 saturated heterocycles. The van der Waals surface area contributed by atoms with Gasteiger partial charge >= 0.3 is 0 Å². The Hall–Kier alpha value is -1.48.